The van der Waals surface area contributed by atoms with Gasteiger partial charge in [-0.25, -0.2) is 9.78 Å². The summed E-state index contributed by atoms with van der Waals surface area (Å²) in [5.74, 6) is -0.138. The number of nitrogens with zero attached hydrogens (tertiary/aromatic N) is 2. The van der Waals surface area contributed by atoms with Crippen LogP contribution < -0.4 is 4.74 Å². The van der Waals surface area contributed by atoms with Gasteiger partial charge in [0.25, 0.3) is 0 Å². The third kappa shape index (κ3) is 3.49. The quantitative estimate of drug-likeness (QED) is 0.843. The Morgan fingerprint density at radius 3 is 2.56 bits per heavy atom. The van der Waals surface area contributed by atoms with Crippen molar-refractivity contribution in [1.29, 1.82) is 0 Å². The normalized spacial score (nSPS) is 11.2. The zero-order valence-corrected chi connectivity index (χ0v) is 9.94. The van der Waals surface area contributed by atoms with E-state index in [0.29, 0.717) is 11.7 Å². The van der Waals surface area contributed by atoms with Crippen LogP contribution in [0.15, 0.2) is 6.07 Å². The van der Waals surface area contributed by atoms with Crippen molar-refractivity contribution in [3.05, 3.63) is 17.6 Å². The van der Waals surface area contributed by atoms with Crippen LogP contribution in [0.2, 0.25) is 0 Å². The topological polar surface area (TPSA) is 72.3 Å². The number of hydrogen-bond acceptors (Lipinski definition) is 4. The number of rotatable bonds is 3. The third-order valence-corrected chi connectivity index (χ3v) is 1.93. The maximum Gasteiger partial charge on any atom is 0.341 e. The van der Waals surface area contributed by atoms with Crippen LogP contribution in [-0.2, 0) is 10.2 Å². The molecule has 5 nitrogen and oxygen atoms in total. The second-order valence-corrected chi connectivity index (χ2v) is 4.57. The zero-order valence-electron chi connectivity index (χ0n) is 9.94. The first-order valence-electron chi connectivity index (χ1n) is 5.00. The van der Waals surface area contributed by atoms with Gasteiger partial charge in [0.1, 0.15) is 5.82 Å². The molecule has 88 valence electrons. The molecule has 0 unspecified atom stereocenters. The molecule has 16 heavy (non-hydrogen) atoms. The average Bonchev–Trinajstić information content (AvgIpc) is 2.12. The van der Waals surface area contributed by atoms with Gasteiger partial charge in [0, 0.05) is 11.5 Å². The van der Waals surface area contributed by atoms with E-state index < -0.39 is 5.97 Å². The first-order chi connectivity index (χ1) is 7.29. The molecule has 0 aliphatic heterocycles. The number of hydrogen-bond donors (Lipinski definition) is 1. The molecule has 1 aromatic heterocycles. The lowest BCUT2D eigenvalue weighted by atomic mass is 9.92. The lowest BCUT2D eigenvalue weighted by molar-refractivity contribution is -0.139. The summed E-state index contributed by atoms with van der Waals surface area (Å²) in [6.45, 7) is 7.43. The highest BCUT2D eigenvalue weighted by molar-refractivity contribution is 5.68. The fourth-order valence-corrected chi connectivity index (χ4v) is 1.13. The van der Waals surface area contributed by atoms with Crippen LogP contribution in [-0.4, -0.2) is 27.7 Å². The zero-order chi connectivity index (χ0) is 12.3. The molecular formula is C11H16N2O3. The Balaban J connectivity index is 2.94. The molecule has 1 heterocycles. The van der Waals surface area contributed by atoms with Crippen LogP contribution in [0.4, 0.5) is 0 Å². The molecule has 0 atom stereocenters. The van der Waals surface area contributed by atoms with E-state index in [0.717, 1.165) is 5.69 Å². The van der Waals surface area contributed by atoms with Crippen LogP contribution in [0.5, 0.6) is 5.88 Å². The first-order valence-corrected chi connectivity index (χ1v) is 5.00. The van der Waals surface area contributed by atoms with E-state index in [9.17, 15) is 4.79 Å². The number of carboxylic acid groups (broad SMARTS) is 1. The SMILES string of the molecule is Cc1nc(OCC(=O)O)cc(C(C)(C)C)n1. The highest BCUT2D eigenvalue weighted by atomic mass is 16.5. The molecular weight excluding hydrogens is 208 g/mol. The third-order valence-electron chi connectivity index (χ3n) is 1.93. The average molecular weight is 224 g/mol. The standard InChI is InChI=1S/C11H16N2O3/c1-7-12-8(11(2,3)4)5-9(13-7)16-6-10(14)15/h5H,6H2,1-4H3,(H,14,15). The molecule has 0 aromatic carbocycles. The molecule has 1 N–H and O–H groups in total. The molecule has 1 rings (SSSR count). The van der Waals surface area contributed by atoms with Crippen LogP contribution in [0, 0.1) is 6.92 Å². The second kappa shape index (κ2) is 4.47. The molecule has 0 saturated heterocycles. The highest BCUT2D eigenvalue weighted by Crippen LogP contribution is 2.22. The Morgan fingerprint density at radius 2 is 2.06 bits per heavy atom. The van der Waals surface area contributed by atoms with Gasteiger partial charge in [0.15, 0.2) is 6.61 Å². The Kier molecular flexibility index (Phi) is 3.47. The molecule has 1 aromatic rings. The van der Waals surface area contributed by atoms with Crippen molar-refractivity contribution in [2.45, 2.75) is 33.1 Å². The molecule has 0 bridgehead atoms. The van der Waals surface area contributed by atoms with E-state index in [2.05, 4.69) is 9.97 Å². The Labute approximate surface area is 94.5 Å². The summed E-state index contributed by atoms with van der Waals surface area (Å²) >= 11 is 0. The van der Waals surface area contributed by atoms with Crippen molar-refractivity contribution in [3.63, 3.8) is 0 Å². The van der Waals surface area contributed by atoms with E-state index in [4.69, 9.17) is 9.84 Å². The number of carboxylic acids is 1. The molecule has 0 spiro atoms. The van der Waals surface area contributed by atoms with Crippen molar-refractivity contribution in [1.82, 2.24) is 9.97 Å². The van der Waals surface area contributed by atoms with Crippen molar-refractivity contribution >= 4 is 5.97 Å². The number of carbonyl (C=O) groups is 1. The Bertz CT molecular complexity index is 397. The van der Waals surface area contributed by atoms with Crippen molar-refractivity contribution in [2.24, 2.45) is 0 Å². The van der Waals surface area contributed by atoms with Crippen molar-refractivity contribution < 1.29 is 14.6 Å². The minimum Gasteiger partial charge on any atom is -0.479 e. The van der Waals surface area contributed by atoms with E-state index in [1.54, 1.807) is 13.0 Å². The summed E-state index contributed by atoms with van der Waals surface area (Å²) in [5.41, 5.74) is 0.718. The largest absolute Gasteiger partial charge is 0.479 e. The minimum atomic E-state index is -1.02. The molecule has 5 heteroatoms. The summed E-state index contributed by atoms with van der Waals surface area (Å²) in [6, 6.07) is 1.68. The number of aliphatic carboxylic acids is 1. The lowest BCUT2D eigenvalue weighted by Crippen LogP contribution is -2.16. The van der Waals surface area contributed by atoms with Gasteiger partial charge in [-0.15, -0.1) is 0 Å². The van der Waals surface area contributed by atoms with Crippen LogP contribution in [0.1, 0.15) is 32.3 Å². The molecule has 0 radical (unpaired) electrons. The van der Waals surface area contributed by atoms with Crippen LogP contribution in [0.25, 0.3) is 0 Å². The van der Waals surface area contributed by atoms with Gasteiger partial charge in [0.2, 0.25) is 5.88 Å². The maximum atomic E-state index is 10.4. The van der Waals surface area contributed by atoms with E-state index in [-0.39, 0.29) is 12.0 Å². The van der Waals surface area contributed by atoms with Gasteiger partial charge in [-0.3, -0.25) is 0 Å². The molecule has 0 fully saturated rings. The van der Waals surface area contributed by atoms with Crippen molar-refractivity contribution in [3.8, 4) is 5.88 Å². The van der Waals surface area contributed by atoms with Crippen LogP contribution >= 0.6 is 0 Å². The van der Waals surface area contributed by atoms with Gasteiger partial charge in [-0.2, -0.15) is 4.98 Å². The van der Waals surface area contributed by atoms with Crippen molar-refractivity contribution in [2.75, 3.05) is 6.61 Å². The molecule has 0 amide bonds. The predicted molar refractivity (Wildman–Crippen MR) is 58.6 cm³/mol. The van der Waals surface area contributed by atoms with E-state index in [1.807, 2.05) is 20.8 Å². The molecule has 0 aliphatic rings. The lowest BCUT2D eigenvalue weighted by Gasteiger charge is -2.18. The van der Waals surface area contributed by atoms with E-state index in [1.165, 1.54) is 0 Å². The fraction of sp³-hybridized carbons (Fsp3) is 0.545. The summed E-state index contributed by atoms with van der Waals surface area (Å²) < 4.78 is 5.03. The highest BCUT2D eigenvalue weighted by Gasteiger charge is 2.17. The van der Waals surface area contributed by atoms with Crippen LogP contribution in [0.3, 0.4) is 0 Å². The summed E-state index contributed by atoms with van der Waals surface area (Å²) in [4.78, 5) is 18.7. The number of aromatic nitrogens is 2. The predicted octanol–water partition coefficient (Wildman–Crippen LogP) is 1.55. The van der Waals surface area contributed by atoms with E-state index >= 15 is 0 Å². The minimum absolute atomic E-state index is 0.116. The maximum absolute atomic E-state index is 10.4. The van der Waals surface area contributed by atoms with Gasteiger partial charge >= 0.3 is 5.97 Å². The van der Waals surface area contributed by atoms with Gasteiger partial charge in [0.05, 0.1) is 5.69 Å². The first kappa shape index (κ1) is 12.4. The van der Waals surface area contributed by atoms with Gasteiger partial charge in [-0.05, 0) is 6.92 Å². The summed E-state index contributed by atoms with van der Waals surface area (Å²) in [6.07, 6.45) is 0. The monoisotopic (exact) mass is 224 g/mol. The number of aryl methyl sites for hydroxylation is 1. The fourth-order valence-electron chi connectivity index (χ4n) is 1.13. The van der Waals surface area contributed by atoms with Gasteiger partial charge < -0.3 is 9.84 Å². The number of ether oxygens (including phenoxy) is 1. The Hall–Kier alpha value is -1.65. The Morgan fingerprint density at radius 1 is 1.44 bits per heavy atom. The molecule has 0 saturated carbocycles. The molecule has 0 aliphatic carbocycles. The smallest absolute Gasteiger partial charge is 0.341 e. The summed E-state index contributed by atoms with van der Waals surface area (Å²) in [5, 5.41) is 8.50. The second-order valence-electron chi connectivity index (χ2n) is 4.57. The van der Waals surface area contributed by atoms with Gasteiger partial charge in [-0.1, -0.05) is 20.8 Å². The summed E-state index contributed by atoms with van der Waals surface area (Å²) in [7, 11) is 0.